The number of ether oxygens (including phenoxy) is 1. The summed E-state index contributed by atoms with van der Waals surface area (Å²) in [6.07, 6.45) is 0. The van der Waals surface area contributed by atoms with E-state index in [1.165, 1.54) is 5.56 Å². The second-order valence-electron chi connectivity index (χ2n) is 4.59. The molecule has 2 N–H and O–H groups in total. The predicted octanol–water partition coefficient (Wildman–Crippen LogP) is 2.93. The summed E-state index contributed by atoms with van der Waals surface area (Å²) in [5.41, 5.74) is 10.0. The molecule has 0 radical (unpaired) electrons. The summed E-state index contributed by atoms with van der Waals surface area (Å²) in [5, 5.41) is 0. The molecular formula is C14H18BrN3O. The highest BCUT2D eigenvalue weighted by Gasteiger charge is 2.18. The number of imidazole rings is 1. The van der Waals surface area contributed by atoms with Gasteiger partial charge in [-0.1, -0.05) is 6.07 Å². The van der Waals surface area contributed by atoms with Crippen molar-refractivity contribution in [2.24, 2.45) is 12.8 Å². The number of nitrogens with zero attached hydrogens (tertiary/aromatic N) is 2. The molecule has 0 atom stereocenters. The summed E-state index contributed by atoms with van der Waals surface area (Å²) in [4.78, 5) is 4.44. The Kier molecular flexibility index (Phi) is 3.96. The molecular weight excluding hydrogens is 306 g/mol. The average molecular weight is 324 g/mol. The zero-order valence-corrected chi connectivity index (χ0v) is 13.2. The first kappa shape index (κ1) is 14.1. The average Bonchev–Trinajstić information content (AvgIpc) is 2.63. The summed E-state index contributed by atoms with van der Waals surface area (Å²) in [6.45, 7) is 4.52. The lowest BCUT2D eigenvalue weighted by molar-refractivity contribution is 0.413. The van der Waals surface area contributed by atoms with E-state index in [9.17, 15) is 0 Å². The molecule has 0 fully saturated rings. The van der Waals surface area contributed by atoms with Crippen molar-refractivity contribution < 1.29 is 4.74 Å². The first-order valence-corrected chi connectivity index (χ1v) is 6.85. The van der Waals surface area contributed by atoms with E-state index in [2.05, 4.69) is 40.0 Å². The van der Waals surface area contributed by atoms with Gasteiger partial charge in [0.25, 0.3) is 0 Å². The lowest BCUT2D eigenvalue weighted by atomic mass is 10.0. The van der Waals surface area contributed by atoms with Gasteiger partial charge in [0.1, 0.15) is 16.2 Å². The molecule has 0 spiro atoms. The Morgan fingerprint density at radius 1 is 1.37 bits per heavy atom. The molecule has 5 heteroatoms. The van der Waals surface area contributed by atoms with Crippen LogP contribution in [0.15, 0.2) is 16.7 Å². The fraction of sp³-hybridized carbons (Fsp3) is 0.357. The Balaban J connectivity index is 2.75. The number of hydrogen-bond acceptors (Lipinski definition) is 3. The topological polar surface area (TPSA) is 53.1 Å². The number of rotatable bonds is 3. The lowest BCUT2D eigenvalue weighted by Gasteiger charge is -2.14. The van der Waals surface area contributed by atoms with Crippen LogP contribution < -0.4 is 10.5 Å². The van der Waals surface area contributed by atoms with Gasteiger partial charge in [-0.2, -0.15) is 0 Å². The molecule has 0 saturated heterocycles. The molecule has 4 nitrogen and oxygen atoms in total. The quantitative estimate of drug-likeness (QED) is 0.944. The largest absolute Gasteiger partial charge is 0.496 e. The van der Waals surface area contributed by atoms with Crippen molar-refractivity contribution in [2.75, 3.05) is 7.11 Å². The van der Waals surface area contributed by atoms with Crippen molar-refractivity contribution in [1.29, 1.82) is 0 Å². The first-order valence-electron chi connectivity index (χ1n) is 6.06. The smallest absolute Gasteiger partial charge is 0.132 e. The highest BCUT2D eigenvalue weighted by atomic mass is 79.9. The van der Waals surface area contributed by atoms with Crippen LogP contribution in [-0.2, 0) is 13.6 Å². The molecule has 1 aromatic carbocycles. The third kappa shape index (κ3) is 2.40. The second kappa shape index (κ2) is 5.35. The molecule has 2 rings (SSSR count). The van der Waals surface area contributed by atoms with Crippen molar-refractivity contribution in [3.05, 3.63) is 33.7 Å². The number of hydrogen-bond donors (Lipinski definition) is 1. The van der Waals surface area contributed by atoms with Crippen LogP contribution in [0.1, 0.15) is 17.0 Å². The highest BCUT2D eigenvalue weighted by Crippen LogP contribution is 2.37. The van der Waals surface area contributed by atoms with E-state index in [1.54, 1.807) is 7.11 Å². The lowest BCUT2D eigenvalue weighted by Crippen LogP contribution is -2.06. The number of nitrogens with two attached hydrogens (primary N) is 1. The van der Waals surface area contributed by atoms with E-state index in [-0.39, 0.29) is 0 Å². The predicted molar refractivity (Wildman–Crippen MR) is 80.3 cm³/mol. The first-order chi connectivity index (χ1) is 8.99. The van der Waals surface area contributed by atoms with Crippen LogP contribution in [0.2, 0.25) is 0 Å². The maximum absolute atomic E-state index is 5.71. The van der Waals surface area contributed by atoms with Gasteiger partial charge in [-0.15, -0.1) is 0 Å². The van der Waals surface area contributed by atoms with Gasteiger partial charge in [-0.25, -0.2) is 4.98 Å². The molecule has 0 saturated carbocycles. The van der Waals surface area contributed by atoms with Crippen LogP contribution >= 0.6 is 15.9 Å². The van der Waals surface area contributed by atoms with Gasteiger partial charge in [0, 0.05) is 12.6 Å². The van der Waals surface area contributed by atoms with Crippen LogP contribution in [-0.4, -0.2) is 16.7 Å². The minimum atomic E-state index is 0.405. The standard InChI is InChI=1S/C14H18BrN3O/c1-8-5-9(2)13(19-4)10(6-8)12-14(15)17-11(7-16)18(12)3/h5-6H,7,16H2,1-4H3. The molecule has 2 aromatic rings. The number of halogens is 1. The normalized spacial score (nSPS) is 10.8. The zero-order valence-electron chi connectivity index (χ0n) is 11.6. The molecule has 1 aromatic heterocycles. The van der Waals surface area contributed by atoms with Gasteiger partial charge in [0.15, 0.2) is 0 Å². The number of aryl methyl sites for hydroxylation is 2. The summed E-state index contributed by atoms with van der Waals surface area (Å²) in [5.74, 6) is 1.71. The van der Waals surface area contributed by atoms with E-state index >= 15 is 0 Å². The minimum Gasteiger partial charge on any atom is -0.496 e. The molecule has 0 aliphatic heterocycles. The van der Waals surface area contributed by atoms with Gasteiger partial charge in [-0.3, -0.25) is 0 Å². The Bertz CT molecular complexity index is 620. The fourth-order valence-corrected chi connectivity index (χ4v) is 3.07. The SMILES string of the molecule is COc1c(C)cc(C)cc1-c1c(Br)nc(CN)n1C. The molecule has 102 valence electrons. The van der Waals surface area contributed by atoms with Crippen molar-refractivity contribution in [2.45, 2.75) is 20.4 Å². The van der Waals surface area contributed by atoms with Gasteiger partial charge >= 0.3 is 0 Å². The Hall–Kier alpha value is -1.33. The minimum absolute atomic E-state index is 0.405. The van der Waals surface area contributed by atoms with Crippen LogP contribution in [0.25, 0.3) is 11.3 Å². The maximum atomic E-state index is 5.71. The summed E-state index contributed by atoms with van der Waals surface area (Å²) in [7, 11) is 3.65. The molecule has 0 amide bonds. The van der Waals surface area contributed by atoms with E-state index in [0.29, 0.717) is 6.54 Å². The van der Waals surface area contributed by atoms with Crippen molar-refractivity contribution in [3.8, 4) is 17.0 Å². The summed E-state index contributed by atoms with van der Waals surface area (Å²) in [6, 6.07) is 4.21. The highest BCUT2D eigenvalue weighted by molar-refractivity contribution is 9.10. The molecule has 0 unspecified atom stereocenters. The molecule has 1 heterocycles. The van der Waals surface area contributed by atoms with Crippen LogP contribution in [0.4, 0.5) is 0 Å². The van der Waals surface area contributed by atoms with Gasteiger partial charge in [0.2, 0.25) is 0 Å². The van der Waals surface area contributed by atoms with E-state index in [0.717, 1.165) is 33.0 Å². The number of benzene rings is 1. The second-order valence-corrected chi connectivity index (χ2v) is 5.34. The Labute approximate surface area is 121 Å². The summed E-state index contributed by atoms with van der Waals surface area (Å²) < 4.78 is 8.34. The van der Waals surface area contributed by atoms with E-state index in [1.807, 2.05) is 18.5 Å². The van der Waals surface area contributed by atoms with Crippen LogP contribution in [0.5, 0.6) is 5.75 Å². The Morgan fingerprint density at radius 3 is 2.58 bits per heavy atom. The Morgan fingerprint density at radius 2 is 2.05 bits per heavy atom. The van der Waals surface area contributed by atoms with Crippen molar-refractivity contribution >= 4 is 15.9 Å². The van der Waals surface area contributed by atoms with E-state index < -0.39 is 0 Å². The van der Waals surface area contributed by atoms with Gasteiger partial charge in [0.05, 0.1) is 19.3 Å². The van der Waals surface area contributed by atoms with Crippen molar-refractivity contribution in [3.63, 3.8) is 0 Å². The molecule has 19 heavy (non-hydrogen) atoms. The molecule has 0 aliphatic carbocycles. The van der Waals surface area contributed by atoms with Crippen LogP contribution in [0, 0.1) is 13.8 Å². The molecule has 0 bridgehead atoms. The maximum Gasteiger partial charge on any atom is 0.132 e. The van der Waals surface area contributed by atoms with Gasteiger partial charge in [-0.05, 0) is 47.0 Å². The van der Waals surface area contributed by atoms with E-state index in [4.69, 9.17) is 10.5 Å². The molecule has 0 aliphatic rings. The number of aromatic nitrogens is 2. The van der Waals surface area contributed by atoms with Gasteiger partial charge < -0.3 is 15.0 Å². The summed E-state index contributed by atoms with van der Waals surface area (Å²) >= 11 is 3.51. The third-order valence-electron chi connectivity index (χ3n) is 3.21. The van der Waals surface area contributed by atoms with Crippen LogP contribution in [0.3, 0.4) is 0 Å². The number of methoxy groups -OCH3 is 1. The van der Waals surface area contributed by atoms with Crippen molar-refractivity contribution in [1.82, 2.24) is 9.55 Å². The third-order valence-corrected chi connectivity index (χ3v) is 3.76. The zero-order chi connectivity index (χ0) is 14.2. The fourth-order valence-electron chi connectivity index (χ4n) is 2.38. The monoisotopic (exact) mass is 323 g/mol.